The largest absolute Gasteiger partial charge is 0.508 e. The number of ether oxygens (including phenoxy) is 8. The fourth-order valence-electron chi connectivity index (χ4n) is 0.752. The van der Waals surface area contributed by atoms with Crippen LogP contribution in [0.4, 0.5) is 19.2 Å². The van der Waals surface area contributed by atoms with E-state index in [0.29, 0.717) is 0 Å². The number of carbonyl (C=O) groups excluding carboxylic acids is 4. The Kier molecular flexibility index (Phi) is 96.1. The van der Waals surface area contributed by atoms with E-state index in [9.17, 15) is 19.2 Å². The second-order valence-corrected chi connectivity index (χ2v) is 4.10. The quantitative estimate of drug-likeness (QED) is 0.181. The smallest absolute Gasteiger partial charge is 0.438 e. The Morgan fingerprint density at radius 2 is 0.568 bits per heavy atom. The van der Waals surface area contributed by atoms with Crippen LogP contribution in [0, 0.1) is 0 Å². The molecule has 0 amide bonds. The van der Waals surface area contributed by atoms with E-state index in [4.69, 9.17) is 20.4 Å². The number of rotatable bonds is 8. The maximum atomic E-state index is 10.0. The van der Waals surface area contributed by atoms with Crippen LogP contribution < -0.4 is 0 Å². The summed E-state index contributed by atoms with van der Waals surface area (Å²) in [6, 6.07) is 0. The van der Waals surface area contributed by atoms with Gasteiger partial charge in [0.2, 0.25) is 0 Å². The van der Waals surface area contributed by atoms with Gasteiger partial charge >= 0.3 is 24.6 Å². The zero-order valence-corrected chi connectivity index (χ0v) is 32.0. The van der Waals surface area contributed by atoms with Crippen molar-refractivity contribution in [1.82, 2.24) is 0 Å². The summed E-state index contributed by atoms with van der Waals surface area (Å²) in [5.74, 6) is 0. The van der Waals surface area contributed by atoms with Gasteiger partial charge in [0.25, 0.3) is 0 Å². The summed E-state index contributed by atoms with van der Waals surface area (Å²) in [7, 11) is 4.83. The Hall–Kier alpha value is 1.34. The molecule has 0 unspecified atom stereocenters. The number of hydrogen-bond acceptors (Lipinski definition) is 16. The van der Waals surface area contributed by atoms with E-state index in [1.54, 1.807) is 0 Å². The van der Waals surface area contributed by atoms with Gasteiger partial charge in [0, 0.05) is 131 Å². The first-order chi connectivity index (χ1) is 15.2. The molecule has 0 aliphatic rings. The zero-order valence-electron chi connectivity index (χ0n) is 20.7. The average Bonchev–Trinajstić information content (AvgIpc) is 2.83. The molecule has 0 saturated carbocycles. The van der Waals surface area contributed by atoms with Crippen molar-refractivity contribution < 1.29 is 208 Å². The van der Waals surface area contributed by atoms with Crippen LogP contribution in [0.2, 0.25) is 0 Å². The van der Waals surface area contributed by atoms with E-state index in [1.165, 1.54) is 28.4 Å². The van der Waals surface area contributed by atoms with E-state index in [2.05, 4.69) is 37.9 Å². The molecule has 16 nitrogen and oxygen atoms in total. The second kappa shape index (κ2) is 57.3. The predicted octanol–water partition coefficient (Wildman–Crippen LogP) is -0.327. The second-order valence-electron chi connectivity index (χ2n) is 4.10. The Balaban J connectivity index is -0.0000000386. The normalized spacial score (nSPS) is 7.14. The molecule has 0 heterocycles. The van der Waals surface area contributed by atoms with Gasteiger partial charge in [-0.1, -0.05) is 7.43 Å². The van der Waals surface area contributed by atoms with Crippen LogP contribution >= 0.6 is 0 Å². The number of hydrogen-bond donors (Lipinski definition) is 4. The number of methoxy groups -OCH3 is 4. The van der Waals surface area contributed by atoms with Gasteiger partial charge in [-0.3, -0.25) is 0 Å². The van der Waals surface area contributed by atoms with Gasteiger partial charge in [-0.2, -0.15) is 0 Å². The van der Waals surface area contributed by atoms with Crippen molar-refractivity contribution in [3.63, 3.8) is 0 Å². The number of aliphatic hydroxyl groups is 4. The number of carbonyl (C=O) groups is 4. The first-order valence-corrected chi connectivity index (χ1v) is 8.50. The Morgan fingerprint density at radius 1 is 0.432 bits per heavy atom. The monoisotopic (exact) mass is 852 g/mol. The molecule has 0 aromatic carbocycles. The van der Waals surface area contributed by atoms with Crippen molar-refractivity contribution in [1.29, 1.82) is 0 Å². The summed E-state index contributed by atoms with van der Waals surface area (Å²) in [4.78, 5) is 40.1. The minimum Gasteiger partial charge on any atom is -0.438 e. The van der Waals surface area contributed by atoms with E-state index < -0.39 is 24.6 Å². The third kappa shape index (κ3) is 72.6. The molecule has 37 heavy (non-hydrogen) atoms. The van der Waals surface area contributed by atoms with Crippen molar-refractivity contribution in [2.45, 2.75) is 7.43 Å². The van der Waals surface area contributed by atoms with Crippen LogP contribution in [0.25, 0.3) is 0 Å². The van der Waals surface area contributed by atoms with Crippen LogP contribution in [-0.4, -0.2) is 126 Å². The van der Waals surface area contributed by atoms with Crippen LogP contribution in [0.5, 0.6) is 0 Å². The molecule has 0 saturated heterocycles. The van der Waals surface area contributed by atoms with Crippen LogP contribution in [0.1, 0.15) is 7.43 Å². The van der Waals surface area contributed by atoms with Gasteiger partial charge in [-0.25, -0.2) is 19.2 Å². The van der Waals surface area contributed by atoms with Crippen molar-refractivity contribution >= 4 is 24.6 Å². The SMILES string of the molecule is C.COC(=O)OCCO.COC(=O)OCCO.COC(=O)OCCO.COC(=O)OCCO.[Y].[Y].[Y].[Y]. The Morgan fingerprint density at radius 3 is 0.649 bits per heavy atom. The molecular formula is C17H36O16Y4. The van der Waals surface area contributed by atoms with Crippen molar-refractivity contribution in [2.75, 3.05) is 81.3 Å². The summed E-state index contributed by atoms with van der Waals surface area (Å²) in [5, 5.41) is 32.3. The molecule has 20 heteroatoms. The van der Waals surface area contributed by atoms with Gasteiger partial charge in [0.05, 0.1) is 54.9 Å². The molecule has 0 aromatic rings. The molecule has 4 radical (unpaired) electrons. The van der Waals surface area contributed by atoms with Crippen molar-refractivity contribution in [2.24, 2.45) is 0 Å². The first-order valence-electron chi connectivity index (χ1n) is 8.50. The predicted molar refractivity (Wildman–Crippen MR) is 109 cm³/mol. The van der Waals surface area contributed by atoms with E-state index in [-0.39, 0.29) is 191 Å². The number of aliphatic hydroxyl groups excluding tert-OH is 4. The van der Waals surface area contributed by atoms with Crippen molar-refractivity contribution in [3.8, 4) is 0 Å². The molecule has 0 aliphatic carbocycles. The van der Waals surface area contributed by atoms with Gasteiger partial charge in [-0.05, 0) is 0 Å². The minimum absolute atomic E-state index is 0. The molecule has 0 bridgehead atoms. The Bertz CT molecular complexity index is 381. The zero-order chi connectivity index (χ0) is 25.6. The maximum Gasteiger partial charge on any atom is 0.508 e. The third-order valence-corrected chi connectivity index (χ3v) is 1.91. The van der Waals surface area contributed by atoms with Crippen LogP contribution in [0.15, 0.2) is 0 Å². The summed E-state index contributed by atoms with van der Waals surface area (Å²) in [6.45, 7) is -0.715. The fraction of sp³-hybridized carbons (Fsp3) is 0.765. The molecule has 0 spiro atoms. The minimum atomic E-state index is -0.765. The summed E-state index contributed by atoms with van der Waals surface area (Å²) in [6.07, 6.45) is -3.06. The summed E-state index contributed by atoms with van der Waals surface area (Å²) >= 11 is 0. The molecule has 0 fully saturated rings. The van der Waals surface area contributed by atoms with Crippen LogP contribution in [0.3, 0.4) is 0 Å². The molecule has 0 atom stereocenters. The van der Waals surface area contributed by atoms with Crippen molar-refractivity contribution in [3.05, 3.63) is 0 Å². The van der Waals surface area contributed by atoms with Gasteiger partial charge in [0.15, 0.2) is 0 Å². The summed E-state index contributed by atoms with van der Waals surface area (Å²) in [5.41, 5.74) is 0. The van der Waals surface area contributed by atoms with Gasteiger partial charge in [-0.15, -0.1) is 0 Å². The van der Waals surface area contributed by atoms with Gasteiger partial charge in [0.1, 0.15) is 26.4 Å². The molecule has 212 valence electrons. The maximum absolute atomic E-state index is 10.0. The molecule has 0 aliphatic heterocycles. The topological polar surface area (TPSA) is 223 Å². The van der Waals surface area contributed by atoms with E-state index >= 15 is 0 Å². The average molecular weight is 852 g/mol. The third-order valence-electron chi connectivity index (χ3n) is 1.91. The standard InChI is InChI=1S/4C4H8O4.CH4.4Y/c4*1-7-4(6)8-3-2-5;;;;;/h4*5H,2-3H2,1H3;1H4;;;;. The Labute approximate surface area is 317 Å². The molecule has 0 rings (SSSR count). The molecule has 4 N–H and O–H groups in total. The molecular weight excluding hydrogens is 816 g/mol. The van der Waals surface area contributed by atoms with Crippen LogP contribution in [-0.2, 0) is 169 Å². The van der Waals surface area contributed by atoms with E-state index in [1.807, 2.05) is 0 Å². The first kappa shape index (κ1) is 62.1. The summed E-state index contributed by atoms with van der Waals surface area (Å²) < 4.78 is 33.2. The van der Waals surface area contributed by atoms with E-state index in [0.717, 1.165) is 0 Å². The fourth-order valence-corrected chi connectivity index (χ4v) is 0.752. The molecule has 0 aromatic heterocycles. The van der Waals surface area contributed by atoms with Gasteiger partial charge < -0.3 is 58.3 Å².